The molecule has 0 aliphatic rings. The summed E-state index contributed by atoms with van der Waals surface area (Å²) in [6, 6.07) is 17.9. The molecule has 5 nitrogen and oxygen atoms in total. The Bertz CT molecular complexity index is 889. The minimum absolute atomic E-state index is 0.241. The number of carbonyl (C=O) groups is 1. The van der Waals surface area contributed by atoms with E-state index in [0.717, 1.165) is 36.2 Å². The lowest BCUT2D eigenvalue weighted by molar-refractivity contribution is 0.102. The van der Waals surface area contributed by atoms with Crippen LogP contribution in [0.25, 0.3) is 0 Å². The molecule has 1 amide bonds. The minimum atomic E-state index is -0.241. The molecule has 3 rings (SSSR count). The largest absolute Gasteiger partial charge is 0.354 e. The van der Waals surface area contributed by atoms with Gasteiger partial charge in [-0.3, -0.25) is 4.79 Å². The third-order valence-electron chi connectivity index (χ3n) is 4.14. The zero-order valence-corrected chi connectivity index (χ0v) is 15.7. The molecule has 0 radical (unpaired) electrons. The van der Waals surface area contributed by atoms with Crippen LogP contribution in [0.5, 0.6) is 0 Å². The van der Waals surface area contributed by atoms with Gasteiger partial charge in [0.15, 0.2) is 0 Å². The van der Waals surface area contributed by atoms with Crippen molar-refractivity contribution in [2.24, 2.45) is 0 Å². The summed E-state index contributed by atoms with van der Waals surface area (Å²) in [6.45, 7) is 4.76. The second-order valence-corrected chi connectivity index (χ2v) is 6.61. The summed E-state index contributed by atoms with van der Waals surface area (Å²) in [7, 11) is 0. The summed E-state index contributed by atoms with van der Waals surface area (Å²) in [5, 5.41) is 6.09. The van der Waals surface area contributed by atoms with Crippen molar-refractivity contribution in [2.45, 2.75) is 26.7 Å². The number of rotatable bonds is 7. The van der Waals surface area contributed by atoms with Gasteiger partial charge in [0.25, 0.3) is 5.91 Å². The molecule has 0 saturated heterocycles. The van der Waals surface area contributed by atoms with Gasteiger partial charge in [0, 0.05) is 18.4 Å². The van der Waals surface area contributed by atoms with Crippen LogP contribution in [0.15, 0.2) is 60.8 Å². The van der Waals surface area contributed by atoms with Gasteiger partial charge in [0.05, 0.1) is 0 Å². The van der Waals surface area contributed by atoms with Crippen LogP contribution in [0.3, 0.4) is 0 Å². The van der Waals surface area contributed by atoms with Gasteiger partial charge in [0.2, 0.25) is 5.95 Å². The fourth-order valence-electron chi connectivity index (χ4n) is 2.95. The van der Waals surface area contributed by atoms with Crippen LogP contribution < -0.4 is 10.6 Å². The first-order valence-corrected chi connectivity index (χ1v) is 9.10. The van der Waals surface area contributed by atoms with Crippen LogP contribution in [0.2, 0.25) is 0 Å². The summed E-state index contributed by atoms with van der Waals surface area (Å²) in [5.74, 6) is 0.228. The monoisotopic (exact) mass is 360 g/mol. The van der Waals surface area contributed by atoms with Gasteiger partial charge in [0.1, 0.15) is 5.69 Å². The zero-order valence-electron chi connectivity index (χ0n) is 15.7. The third kappa shape index (κ3) is 5.64. The van der Waals surface area contributed by atoms with Crippen molar-refractivity contribution in [1.29, 1.82) is 0 Å². The Morgan fingerprint density at radius 1 is 1.00 bits per heavy atom. The SMILES string of the molecule is Cc1cc(C)cc(NC(=O)c2ccnc(NCCCc3ccccc3)n2)c1. The van der Waals surface area contributed by atoms with Crippen LogP contribution in [-0.4, -0.2) is 22.4 Å². The smallest absolute Gasteiger partial charge is 0.274 e. The van der Waals surface area contributed by atoms with E-state index in [-0.39, 0.29) is 5.91 Å². The van der Waals surface area contributed by atoms with E-state index in [1.807, 2.05) is 44.2 Å². The van der Waals surface area contributed by atoms with Crippen molar-refractivity contribution < 1.29 is 4.79 Å². The van der Waals surface area contributed by atoms with Gasteiger partial charge >= 0.3 is 0 Å². The predicted octanol–water partition coefficient (Wildman–Crippen LogP) is 4.39. The molecule has 138 valence electrons. The number of aromatic nitrogens is 2. The Morgan fingerprint density at radius 2 is 1.74 bits per heavy atom. The van der Waals surface area contributed by atoms with Gasteiger partial charge in [-0.1, -0.05) is 36.4 Å². The summed E-state index contributed by atoms with van der Waals surface area (Å²) in [6.07, 6.45) is 3.55. The Morgan fingerprint density at radius 3 is 2.48 bits per heavy atom. The maximum absolute atomic E-state index is 12.5. The first kappa shape index (κ1) is 18.6. The van der Waals surface area contributed by atoms with Crippen molar-refractivity contribution in [2.75, 3.05) is 17.2 Å². The predicted molar refractivity (Wildman–Crippen MR) is 109 cm³/mol. The van der Waals surface area contributed by atoms with Gasteiger partial charge < -0.3 is 10.6 Å². The molecule has 0 saturated carbocycles. The lowest BCUT2D eigenvalue weighted by atomic mass is 10.1. The maximum Gasteiger partial charge on any atom is 0.274 e. The zero-order chi connectivity index (χ0) is 19.1. The highest BCUT2D eigenvalue weighted by Crippen LogP contribution is 2.15. The number of nitrogens with one attached hydrogen (secondary N) is 2. The Balaban J connectivity index is 1.55. The first-order chi connectivity index (χ1) is 13.1. The molecule has 0 bridgehead atoms. The number of amides is 1. The van der Waals surface area contributed by atoms with E-state index in [1.165, 1.54) is 5.56 Å². The molecule has 27 heavy (non-hydrogen) atoms. The molecule has 0 fully saturated rings. The van der Waals surface area contributed by atoms with Crippen LogP contribution in [-0.2, 0) is 6.42 Å². The van der Waals surface area contributed by atoms with Crippen molar-refractivity contribution in [1.82, 2.24) is 9.97 Å². The van der Waals surface area contributed by atoms with Crippen molar-refractivity contribution >= 4 is 17.5 Å². The normalized spacial score (nSPS) is 10.4. The van der Waals surface area contributed by atoms with E-state index < -0.39 is 0 Å². The van der Waals surface area contributed by atoms with Crippen molar-refractivity contribution in [3.05, 3.63) is 83.2 Å². The minimum Gasteiger partial charge on any atom is -0.354 e. The number of nitrogens with zero attached hydrogens (tertiary/aromatic N) is 2. The van der Waals surface area contributed by atoms with Crippen molar-refractivity contribution in [3.8, 4) is 0 Å². The van der Waals surface area contributed by atoms with E-state index in [0.29, 0.717) is 11.6 Å². The molecule has 3 aromatic rings. The Hall–Kier alpha value is -3.21. The Labute approximate surface area is 159 Å². The molecule has 0 aliphatic carbocycles. The maximum atomic E-state index is 12.5. The molecule has 0 atom stereocenters. The van der Waals surface area contributed by atoms with E-state index in [9.17, 15) is 4.79 Å². The molecule has 2 aromatic carbocycles. The summed E-state index contributed by atoms with van der Waals surface area (Å²) in [4.78, 5) is 21.0. The summed E-state index contributed by atoms with van der Waals surface area (Å²) >= 11 is 0. The molecule has 0 aliphatic heterocycles. The number of carbonyl (C=O) groups excluding carboxylic acids is 1. The molecule has 0 unspecified atom stereocenters. The van der Waals surface area contributed by atoms with E-state index in [1.54, 1.807) is 12.3 Å². The summed E-state index contributed by atoms with van der Waals surface area (Å²) < 4.78 is 0. The first-order valence-electron chi connectivity index (χ1n) is 9.10. The number of hydrogen-bond donors (Lipinski definition) is 2. The van der Waals surface area contributed by atoms with E-state index in [2.05, 4.69) is 38.8 Å². The van der Waals surface area contributed by atoms with Crippen LogP contribution in [0.1, 0.15) is 33.6 Å². The lowest BCUT2D eigenvalue weighted by Gasteiger charge is -2.09. The highest BCUT2D eigenvalue weighted by molar-refractivity contribution is 6.03. The standard InChI is InChI=1S/C22H24N4O/c1-16-13-17(2)15-19(14-16)25-21(27)20-10-12-24-22(26-20)23-11-6-9-18-7-4-3-5-8-18/h3-5,7-8,10,12-15H,6,9,11H2,1-2H3,(H,25,27)(H,23,24,26). The fraction of sp³-hybridized carbons (Fsp3) is 0.227. The van der Waals surface area contributed by atoms with Gasteiger partial charge in [-0.05, 0) is 61.6 Å². The number of hydrogen-bond acceptors (Lipinski definition) is 4. The Kier molecular flexibility index (Phi) is 6.15. The molecule has 2 N–H and O–H groups in total. The molecular weight excluding hydrogens is 336 g/mol. The van der Waals surface area contributed by atoms with E-state index in [4.69, 9.17) is 0 Å². The van der Waals surface area contributed by atoms with Crippen LogP contribution in [0, 0.1) is 13.8 Å². The second kappa shape index (κ2) is 8.94. The van der Waals surface area contributed by atoms with Gasteiger partial charge in [-0.2, -0.15) is 0 Å². The van der Waals surface area contributed by atoms with Crippen molar-refractivity contribution in [3.63, 3.8) is 0 Å². The quantitative estimate of drug-likeness (QED) is 0.613. The van der Waals surface area contributed by atoms with Gasteiger partial charge in [-0.25, -0.2) is 9.97 Å². The highest BCUT2D eigenvalue weighted by atomic mass is 16.1. The average molecular weight is 360 g/mol. The van der Waals surface area contributed by atoms with Gasteiger partial charge in [-0.15, -0.1) is 0 Å². The van der Waals surface area contributed by atoms with Crippen LogP contribution >= 0.6 is 0 Å². The number of aryl methyl sites for hydroxylation is 3. The molecular formula is C22H24N4O. The number of benzene rings is 2. The summed E-state index contributed by atoms with van der Waals surface area (Å²) in [5.41, 5.74) is 4.63. The molecule has 5 heteroatoms. The highest BCUT2D eigenvalue weighted by Gasteiger charge is 2.09. The topological polar surface area (TPSA) is 66.9 Å². The number of anilines is 2. The van der Waals surface area contributed by atoms with E-state index >= 15 is 0 Å². The lowest BCUT2D eigenvalue weighted by Crippen LogP contribution is -2.16. The average Bonchev–Trinajstić information content (AvgIpc) is 2.65. The molecule has 0 spiro atoms. The second-order valence-electron chi connectivity index (χ2n) is 6.61. The van der Waals surface area contributed by atoms with Crippen LogP contribution in [0.4, 0.5) is 11.6 Å². The molecule has 1 heterocycles. The fourth-order valence-corrected chi connectivity index (χ4v) is 2.95. The molecule has 1 aromatic heterocycles. The third-order valence-corrected chi connectivity index (χ3v) is 4.14.